The van der Waals surface area contributed by atoms with Crippen LogP contribution in [0.25, 0.3) is 0 Å². The SMILES string of the molecule is O=C(O)CCCCNCCSCCCO. The van der Waals surface area contributed by atoms with Crippen molar-refractivity contribution in [2.24, 2.45) is 0 Å². The molecule has 0 aromatic heterocycles. The Bertz CT molecular complexity index is 156. The third-order valence-corrected chi connectivity index (χ3v) is 2.93. The standard InChI is InChI=1S/C10H21NO3S/c12-7-3-8-15-9-6-11-5-2-1-4-10(13)14/h11-12H,1-9H2,(H,13,14). The van der Waals surface area contributed by atoms with E-state index in [4.69, 9.17) is 10.2 Å². The lowest BCUT2D eigenvalue weighted by molar-refractivity contribution is -0.137. The fourth-order valence-corrected chi connectivity index (χ4v) is 1.89. The van der Waals surface area contributed by atoms with E-state index >= 15 is 0 Å². The first-order valence-corrected chi connectivity index (χ1v) is 6.54. The summed E-state index contributed by atoms with van der Waals surface area (Å²) in [5.74, 6) is 1.35. The number of unbranched alkanes of at least 4 members (excludes halogenated alkanes) is 1. The second-order valence-corrected chi connectivity index (χ2v) is 4.52. The molecule has 4 nitrogen and oxygen atoms in total. The molecule has 0 aliphatic heterocycles. The molecule has 0 heterocycles. The minimum Gasteiger partial charge on any atom is -0.481 e. The van der Waals surface area contributed by atoms with Gasteiger partial charge in [-0.2, -0.15) is 11.8 Å². The number of hydrogen-bond donors (Lipinski definition) is 3. The molecule has 0 atom stereocenters. The van der Waals surface area contributed by atoms with E-state index < -0.39 is 5.97 Å². The molecule has 0 radical (unpaired) electrons. The third kappa shape index (κ3) is 13.7. The highest BCUT2D eigenvalue weighted by Crippen LogP contribution is 2.00. The van der Waals surface area contributed by atoms with Crippen LogP contribution < -0.4 is 5.32 Å². The molecular weight excluding hydrogens is 214 g/mol. The van der Waals surface area contributed by atoms with E-state index in [9.17, 15) is 4.79 Å². The lowest BCUT2D eigenvalue weighted by Crippen LogP contribution is -2.18. The van der Waals surface area contributed by atoms with Crippen LogP contribution in [0.5, 0.6) is 0 Å². The Labute approximate surface area is 95.4 Å². The average molecular weight is 235 g/mol. The van der Waals surface area contributed by atoms with Crippen LogP contribution >= 0.6 is 11.8 Å². The number of carboxylic acids is 1. The molecule has 0 aliphatic carbocycles. The summed E-state index contributed by atoms with van der Waals surface area (Å²) in [5, 5.41) is 20.2. The van der Waals surface area contributed by atoms with Crippen molar-refractivity contribution >= 4 is 17.7 Å². The first-order chi connectivity index (χ1) is 7.27. The zero-order valence-corrected chi connectivity index (χ0v) is 9.89. The second-order valence-electron chi connectivity index (χ2n) is 3.29. The Morgan fingerprint density at radius 1 is 1.13 bits per heavy atom. The predicted octanol–water partition coefficient (Wildman–Crippen LogP) is 0.946. The minimum atomic E-state index is -0.713. The van der Waals surface area contributed by atoms with Crippen LogP contribution in [-0.2, 0) is 4.79 Å². The van der Waals surface area contributed by atoms with E-state index in [1.807, 2.05) is 11.8 Å². The van der Waals surface area contributed by atoms with Gasteiger partial charge in [-0.1, -0.05) is 0 Å². The maximum atomic E-state index is 10.2. The smallest absolute Gasteiger partial charge is 0.303 e. The van der Waals surface area contributed by atoms with Gasteiger partial charge < -0.3 is 15.5 Å². The zero-order valence-electron chi connectivity index (χ0n) is 9.07. The van der Waals surface area contributed by atoms with E-state index in [2.05, 4.69) is 5.32 Å². The van der Waals surface area contributed by atoms with Gasteiger partial charge in [0.25, 0.3) is 0 Å². The molecule has 5 heteroatoms. The highest BCUT2D eigenvalue weighted by molar-refractivity contribution is 7.99. The summed E-state index contributed by atoms with van der Waals surface area (Å²) >= 11 is 1.83. The van der Waals surface area contributed by atoms with E-state index in [1.165, 1.54) is 0 Å². The van der Waals surface area contributed by atoms with Crippen molar-refractivity contribution < 1.29 is 15.0 Å². The second kappa shape index (κ2) is 11.8. The van der Waals surface area contributed by atoms with Gasteiger partial charge in [-0.15, -0.1) is 0 Å². The molecule has 90 valence electrons. The van der Waals surface area contributed by atoms with Crippen LogP contribution in [0.2, 0.25) is 0 Å². The van der Waals surface area contributed by atoms with Gasteiger partial charge >= 0.3 is 5.97 Å². The van der Waals surface area contributed by atoms with Crippen LogP contribution in [-0.4, -0.2) is 47.4 Å². The average Bonchev–Trinajstić information content (AvgIpc) is 2.20. The lowest BCUT2D eigenvalue weighted by Gasteiger charge is -2.03. The largest absolute Gasteiger partial charge is 0.481 e. The minimum absolute atomic E-state index is 0.271. The number of aliphatic carboxylic acids is 1. The van der Waals surface area contributed by atoms with Crippen molar-refractivity contribution in [1.29, 1.82) is 0 Å². The van der Waals surface area contributed by atoms with E-state index in [0.29, 0.717) is 0 Å². The molecule has 0 saturated heterocycles. The van der Waals surface area contributed by atoms with Crippen molar-refractivity contribution in [2.75, 3.05) is 31.2 Å². The monoisotopic (exact) mass is 235 g/mol. The molecule has 0 fully saturated rings. The third-order valence-electron chi connectivity index (χ3n) is 1.86. The molecule has 0 saturated carbocycles. The summed E-state index contributed by atoms with van der Waals surface area (Å²) in [6.45, 7) is 2.13. The summed E-state index contributed by atoms with van der Waals surface area (Å²) in [5.41, 5.74) is 0. The molecule has 0 aromatic carbocycles. The quantitative estimate of drug-likeness (QED) is 0.465. The maximum Gasteiger partial charge on any atom is 0.303 e. The van der Waals surface area contributed by atoms with Crippen molar-refractivity contribution in [3.8, 4) is 0 Å². The van der Waals surface area contributed by atoms with Crippen molar-refractivity contribution in [1.82, 2.24) is 5.32 Å². The highest BCUT2D eigenvalue weighted by Gasteiger charge is 1.95. The van der Waals surface area contributed by atoms with Gasteiger partial charge in [0.2, 0.25) is 0 Å². The van der Waals surface area contributed by atoms with E-state index in [0.717, 1.165) is 43.9 Å². The molecular formula is C10H21NO3S. The van der Waals surface area contributed by atoms with Gasteiger partial charge in [0.1, 0.15) is 0 Å². The summed E-state index contributed by atoms with van der Waals surface area (Å²) in [6, 6.07) is 0. The number of rotatable bonds is 11. The van der Waals surface area contributed by atoms with Crippen molar-refractivity contribution in [3.05, 3.63) is 0 Å². The molecule has 0 unspecified atom stereocenters. The van der Waals surface area contributed by atoms with Gasteiger partial charge in [0.15, 0.2) is 0 Å². The number of thioether (sulfide) groups is 1. The Morgan fingerprint density at radius 3 is 2.60 bits per heavy atom. The van der Waals surface area contributed by atoms with Crippen LogP contribution in [0, 0.1) is 0 Å². The Kier molecular flexibility index (Phi) is 11.6. The Morgan fingerprint density at radius 2 is 1.93 bits per heavy atom. The van der Waals surface area contributed by atoms with Crippen LogP contribution in [0.1, 0.15) is 25.7 Å². The van der Waals surface area contributed by atoms with Gasteiger partial charge in [-0.05, 0) is 31.6 Å². The molecule has 0 rings (SSSR count). The van der Waals surface area contributed by atoms with Gasteiger partial charge in [0.05, 0.1) is 0 Å². The van der Waals surface area contributed by atoms with Gasteiger partial charge in [-0.3, -0.25) is 4.79 Å². The Balaban J connectivity index is 2.89. The first-order valence-electron chi connectivity index (χ1n) is 5.38. The number of carbonyl (C=O) groups is 1. The fraction of sp³-hybridized carbons (Fsp3) is 0.900. The molecule has 0 aliphatic rings. The summed E-state index contributed by atoms with van der Waals surface area (Å²) in [7, 11) is 0. The van der Waals surface area contributed by atoms with Crippen molar-refractivity contribution in [2.45, 2.75) is 25.7 Å². The van der Waals surface area contributed by atoms with Crippen LogP contribution in [0.4, 0.5) is 0 Å². The summed E-state index contributed by atoms with van der Waals surface area (Å²) in [4.78, 5) is 10.2. The highest BCUT2D eigenvalue weighted by atomic mass is 32.2. The predicted molar refractivity (Wildman–Crippen MR) is 63.4 cm³/mol. The number of hydrogen-bond acceptors (Lipinski definition) is 4. The fourth-order valence-electron chi connectivity index (χ4n) is 1.06. The molecule has 0 spiro atoms. The number of aliphatic hydroxyl groups is 1. The molecule has 0 aromatic rings. The topological polar surface area (TPSA) is 69.6 Å². The van der Waals surface area contributed by atoms with Gasteiger partial charge in [0, 0.05) is 25.3 Å². The van der Waals surface area contributed by atoms with Crippen molar-refractivity contribution in [3.63, 3.8) is 0 Å². The normalized spacial score (nSPS) is 10.5. The van der Waals surface area contributed by atoms with Crippen LogP contribution in [0.15, 0.2) is 0 Å². The van der Waals surface area contributed by atoms with Gasteiger partial charge in [-0.25, -0.2) is 0 Å². The Hall–Kier alpha value is -0.260. The van der Waals surface area contributed by atoms with E-state index in [-0.39, 0.29) is 13.0 Å². The van der Waals surface area contributed by atoms with E-state index in [1.54, 1.807) is 0 Å². The molecule has 15 heavy (non-hydrogen) atoms. The zero-order chi connectivity index (χ0) is 11.4. The number of aliphatic hydroxyl groups excluding tert-OH is 1. The number of nitrogens with one attached hydrogen (secondary N) is 1. The summed E-state index contributed by atoms with van der Waals surface area (Å²) < 4.78 is 0. The number of carboxylic acid groups (broad SMARTS) is 1. The molecule has 3 N–H and O–H groups in total. The maximum absolute atomic E-state index is 10.2. The lowest BCUT2D eigenvalue weighted by atomic mass is 10.2. The summed E-state index contributed by atoms with van der Waals surface area (Å²) in [6.07, 6.45) is 2.81. The van der Waals surface area contributed by atoms with Crippen LogP contribution in [0.3, 0.4) is 0 Å². The first kappa shape index (κ1) is 14.7. The molecule has 0 amide bonds. The molecule has 0 bridgehead atoms.